The largest absolute Gasteiger partial charge is 0.469 e. The molecule has 0 aliphatic rings. The Hall–Kier alpha value is -2.30. The molecule has 1 aromatic rings. The topological polar surface area (TPSA) is 75.0 Å². The molecule has 102 valence electrons. The van der Waals surface area contributed by atoms with Crippen molar-refractivity contribution in [2.45, 2.75) is 12.6 Å². The van der Waals surface area contributed by atoms with Crippen LogP contribution in [0.2, 0.25) is 0 Å². The highest BCUT2D eigenvalue weighted by molar-refractivity contribution is 5.70. The lowest BCUT2D eigenvalue weighted by Gasteiger charge is -2.10. The van der Waals surface area contributed by atoms with Crippen molar-refractivity contribution in [3.05, 3.63) is 23.4 Å². The molecule has 1 heterocycles. The van der Waals surface area contributed by atoms with Gasteiger partial charge in [-0.25, -0.2) is 4.98 Å². The second-order valence-electron chi connectivity index (χ2n) is 3.46. The zero-order valence-electron chi connectivity index (χ0n) is 9.91. The van der Waals surface area contributed by atoms with Crippen molar-refractivity contribution in [1.29, 1.82) is 5.26 Å². The second kappa shape index (κ2) is 6.04. The zero-order chi connectivity index (χ0) is 14.5. The number of ether oxygens (including phenoxy) is 1. The van der Waals surface area contributed by atoms with E-state index in [1.807, 2.05) is 0 Å². The van der Waals surface area contributed by atoms with E-state index in [4.69, 9.17) is 5.26 Å². The number of nitrogens with zero attached hydrogens (tertiary/aromatic N) is 2. The number of carbonyl (C=O) groups is 1. The highest BCUT2D eigenvalue weighted by Crippen LogP contribution is 2.29. The average molecular weight is 273 g/mol. The molecule has 5 nitrogen and oxygen atoms in total. The fourth-order valence-corrected chi connectivity index (χ4v) is 1.23. The summed E-state index contributed by atoms with van der Waals surface area (Å²) in [5.41, 5.74) is -1.13. The molecule has 0 saturated heterocycles. The molecule has 0 fully saturated rings. The third kappa shape index (κ3) is 4.13. The minimum atomic E-state index is -4.59. The Balaban J connectivity index is 2.86. The number of nitriles is 1. The fourth-order valence-electron chi connectivity index (χ4n) is 1.23. The molecule has 0 atom stereocenters. The van der Waals surface area contributed by atoms with Crippen molar-refractivity contribution < 1.29 is 22.7 Å². The minimum absolute atomic E-state index is 0.0235. The number of pyridine rings is 1. The van der Waals surface area contributed by atoms with Crippen LogP contribution in [0.15, 0.2) is 12.1 Å². The van der Waals surface area contributed by atoms with Crippen molar-refractivity contribution in [3.8, 4) is 6.07 Å². The number of carbonyl (C=O) groups excluding carboxylic acids is 1. The summed E-state index contributed by atoms with van der Waals surface area (Å²) in [7, 11) is 1.20. The van der Waals surface area contributed by atoms with Gasteiger partial charge in [0, 0.05) is 6.54 Å². The molecule has 0 spiro atoms. The summed E-state index contributed by atoms with van der Waals surface area (Å²) in [6.45, 7) is 0.0235. The maximum absolute atomic E-state index is 12.5. The molecule has 1 aromatic heterocycles. The van der Waals surface area contributed by atoms with Crippen molar-refractivity contribution >= 4 is 11.8 Å². The number of nitrogens with one attached hydrogen (secondary N) is 1. The summed E-state index contributed by atoms with van der Waals surface area (Å²) >= 11 is 0. The van der Waals surface area contributed by atoms with Gasteiger partial charge in [0.2, 0.25) is 0 Å². The lowest BCUT2D eigenvalue weighted by molar-refractivity contribution is -0.141. The molecule has 1 N–H and O–H groups in total. The standard InChI is InChI=1S/C11H10F3N3O2/c1-19-9(18)4-5-16-10-7(6-15)2-3-8(17-10)11(12,13)14/h2-3H,4-5H2,1H3,(H,16,17). The van der Waals surface area contributed by atoms with Crippen LogP contribution in [-0.4, -0.2) is 24.6 Å². The van der Waals surface area contributed by atoms with Gasteiger partial charge in [0.25, 0.3) is 0 Å². The zero-order valence-corrected chi connectivity index (χ0v) is 9.91. The molecule has 1 rings (SSSR count). The number of methoxy groups -OCH3 is 1. The normalized spacial score (nSPS) is 10.7. The molecule has 0 radical (unpaired) electrons. The van der Waals surface area contributed by atoms with E-state index < -0.39 is 17.8 Å². The van der Waals surface area contributed by atoms with Gasteiger partial charge in [-0.15, -0.1) is 0 Å². The number of aromatic nitrogens is 1. The van der Waals surface area contributed by atoms with Crippen LogP contribution in [0, 0.1) is 11.3 Å². The van der Waals surface area contributed by atoms with Crippen LogP contribution >= 0.6 is 0 Å². The van der Waals surface area contributed by atoms with Gasteiger partial charge in [-0.2, -0.15) is 18.4 Å². The molecule has 0 amide bonds. The smallest absolute Gasteiger partial charge is 0.433 e. The number of alkyl halides is 3. The summed E-state index contributed by atoms with van der Waals surface area (Å²) in [6, 6.07) is 3.47. The first kappa shape index (κ1) is 14.8. The molecule has 8 heteroatoms. The molecule has 0 bridgehead atoms. The number of esters is 1. The van der Waals surface area contributed by atoms with Crippen molar-refractivity contribution in [2.75, 3.05) is 19.0 Å². The first-order valence-electron chi connectivity index (χ1n) is 5.17. The Morgan fingerprint density at radius 1 is 1.53 bits per heavy atom. The van der Waals surface area contributed by atoms with Crippen LogP contribution in [0.25, 0.3) is 0 Å². The summed E-state index contributed by atoms with van der Waals surface area (Å²) in [6.07, 6.45) is -4.63. The maximum atomic E-state index is 12.5. The Labute approximate surface area is 107 Å². The highest BCUT2D eigenvalue weighted by atomic mass is 19.4. The number of halogens is 3. The van der Waals surface area contributed by atoms with E-state index in [0.29, 0.717) is 0 Å². The van der Waals surface area contributed by atoms with Gasteiger partial charge >= 0.3 is 12.1 Å². The quantitative estimate of drug-likeness (QED) is 0.848. The van der Waals surface area contributed by atoms with Gasteiger partial charge in [-0.05, 0) is 12.1 Å². The monoisotopic (exact) mass is 273 g/mol. The van der Waals surface area contributed by atoms with Gasteiger partial charge in [0.15, 0.2) is 0 Å². The molecule has 0 aromatic carbocycles. The molecular weight excluding hydrogens is 263 g/mol. The van der Waals surface area contributed by atoms with Crippen LogP contribution in [0.3, 0.4) is 0 Å². The van der Waals surface area contributed by atoms with Crippen LogP contribution in [0.4, 0.5) is 19.0 Å². The Morgan fingerprint density at radius 2 is 2.21 bits per heavy atom. The van der Waals surface area contributed by atoms with Crippen LogP contribution in [0.5, 0.6) is 0 Å². The van der Waals surface area contributed by atoms with Crippen LogP contribution < -0.4 is 5.32 Å². The third-order valence-corrected chi connectivity index (χ3v) is 2.16. The van der Waals surface area contributed by atoms with Crippen molar-refractivity contribution in [2.24, 2.45) is 0 Å². The first-order valence-corrected chi connectivity index (χ1v) is 5.17. The van der Waals surface area contributed by atoms with Crippen LogP contribution in [-0.2, 0) is 15.7 Å². The predicted molar refractivity (Wildman–Crippen MR) is 59.1 cm³/mol. The van der Waals surface area contributed by atoms with E-state index in [9.17, 15) is 18.0 Å². The Bertz CT molecular complexity index is 509. The molecule has 0 unspecified atom stereocenters. The van der Waals surface area contributed by atoms with Gasteiger partial charge in [-0.3, -0.25) is 4.79 Å². The number of hydrogen-bond acceptors (Lipinski definition) is 5. The molecule has 19 heavy (non-hydrogen) atoms. The van der Waals surface area contributed by atoms with Crippen molar-refractivity contribution in [1.82, 2.24) is 4.98 Å². The van der Waals surface area contributed by atoms with Crippen molar-refractivity contribution in [3.63, 3.8) is 0 Å². The molecule has 0 aliphatic carbocycles. The lowest BCUT2D eigenvalue weighted by Crippen LogP contribution is -2.14. The van der Waals surface area contributed by atoms with E-state index >= 15 is 0 Å². The van der Waals surface area contributed by atoms with E-state index in [-0.39, 0.29) is 24.3 Å². The van der Waals surface area contributed by atoms with Gasteiger partial charge in [-0.1, -0.05) is 0 Å². The summed E-state index contributed by atoms with van der Waals surface area (Å²) < 4.78 is 41.8. The average Bonchev–Trinajstić information content (AvgIpc) is 2.37. The predicted octanol–water partition coefficient (Wildman–Crippen LogP) is 1.95. The van der Waals surface area contributed by atoms with E-state index in [0.717, 1.165) is 12.1 Å². The lowest BCUT2D eigenvalue weighted by atomic mass is 10.2. The van der Waals surface area contributed by atoms with Gasteiger partial charge in [0.05, 0.1) is 19.1 Å². The molecule has 0 saturated carbocycles. The summed E-state index contributed by atoms with van der Waals surface area (Å²) in [5, 5.41) is 11.3. The van der Waals surface area contributed by atoms with E-state index in [1.165, 1.54) is 7.11 Å². The maximum Gasteiger partial charge on any atom is 0.433 e. The second-order valence-corrected chi connectivity index (χ2v) is 3.46. The van der Waals surface area contributed by atoms with E-state index in [1.54, 1.807) is 6.07 Å². The van der Waals surface area contributed by atoms with Gasteiger partial charge in [0.1, 0.15) is 17.6 Å². The first-order chi connectivity index (χ1) is 8.88. The molecular formula is C11H10F3N3O2. The summed E-state index contributed by atoms with van der Waals surface area (Å²) in [5.74, 6) is -0.723. The van der Waals surface area contributed by atoms with Crippen LogP contribution in [0.1, 0.15) is 17.7 Å². The van der Waals surface area contributed by atoms with E-state index in [2.05, 4.69) is 15.0 Å². The molecule has 0 aliphatic heterocycles. The minimum Gasteiger partial charge on any atom is -0.469 e. The number of anilines is 1. The van der Waals surface area contributed by atoms with Gasteiger partial charge < -0.3 is 10.1 Å². The summed E-state index contributed by atoms with van der Waals surface area (Å²) in [4.78, 5) is 14.2. The third-order valence-electron chi connectivity index (χ3n) is 2.16. The number of hydrogen-bond donors (Lipinski definition) is 1. The fraction of sp³-hybridized carbons (Fsp3) is 0.364. The number of rotatable bonds is 4. The Kier molecular flexibility index (Phi) is 4.69. The Morgan fingerprint density at radius 3 is 2.74 bits per heavy atom. The highest BCUT2D eigenvalue weighted by Gasteiger charge is 2.33. The SMILES string of the molecule is COC(=O)CCNc1nc(C(F)(F)F)ccc1C#N.